The van der Waals surface area contributed by atoms with Crippen LogP contribution in [-0.4, -0.2) is 20.6 Å². The highest BCUT2D eigenvalue weighted by atomic mass is 31.1. The summed E-state index contributed by atoms with van der Waals surface area (Å²) in [6, 6.07) is 5.58. The van der Waals surface area contributed by atoms with Gasteiger partial charge in [0, 0.05) is 0 Å². The zero-order valence-corrected chi connectivity index (χ0v) is 41.0. The van der Waals surface area contributed by atoms with Crippen LogP contribution in [0.3, 0.4) is 0 Å². The van der Waals surface area contributed by atoms with E-state index in [-0.39, 0.29) is 15.8 Å². The number of aryl methyl sites for hydroxylation is 2. The van der Waals surface area contributed by atoms with Crippen LogP contribution >= 0.6 is 15.8 Å². The Labute approximate surface area is 332 Å². The summed E-state index contributed by atoms with van der Waals surface area (Å²) in [4.78, 5) is 0. The zero-order valence-electron chi connectivity index (χ0n) is 39.2. The van der Waals surface area contributed by atoms with Crippen molar-refractivity contribution < 1.29 is 0 Å². The zero-order chi connectivity index (χ0) is 40.0. The standard InChI is InChI=1S/C50H96P2/c1-45(2,3)35-31-27-23-19-21-25-29-33-41-37-43(39-51(47(7,8)9)48(10,11)12)44(40-52(49(13,14)15)50(16,17)18)38-42(41)34-30-26-22-20-24-28-32-36-46(4,5)6/h37-38H,19-36,39-40H2,1-18H3. The van der Waals surface area contributed by atoms with E-state index < -0.39 is 0 Å². The lowest BCUT2D eigenvalue weighted by molar-refractivity contribution is 0.356. The van der Waals surface area contributed by atoms with E-state index in [2.05, 4.69) is 137 Å². The van der Waals surface area contributed by atoms with Gasteiger partial charge in [-0.05, 0) is 105 Å². The lowest BCUT2D eigenvalue weighted by Crippen LogP contribution is -2.27. The molecule has 306 valence electrons. The molecule has 1 aromatic carbocycles. The minimum Gasteiger partial charge on any atom is -0.0911 e. The Morgan fingerprint density at radius 2 is 0.538 bits per heavy atom. The summed E-state index contributed by atoms with van der Waals surface area (Å²) < 4.78 is 0. The first-order chi connectivity index (χ1) is 23.6. The molecule has 52 heavy (non-hydrogen) atoms. The molecule has 1 aromatic rings. The molecule has 0 heterocycles. The predicted molar refractivity (Wildman–Crippen MR) is 247 cm³/mol. The molecule has 2 heteroatoms. The van der Waals surface area contributed by atoms with E-state index >= 15 is 0 Å². The fourth-order valence-corrected chi connectivity index (χ4v) is 15.8. The molecule has 0 fully saturated rings. The van der Waals surface area contributed by atoms with Gasteiger partial charge < -0.3 is 0 Å². The van der Waals surface area contributed by atoms with Crippen molar-refractivity contribution in [3.8, 4) is 0 Å². The van der Waals surface area contributed by atoms with E-state index in [1.165, 1.54) is 128 Å². The minimum absolute atomic E-state index is 0.194. The van der Waals surface area contributed by atoms with E-state index in [1.54, 1.807) is 22.3 Å². The summed E-state index contributed by atoms with van der Waals surface area (Å²) >= 11 is 0. The van der Waals surface area contributed by atoms with Gasteiger partial charge in [0.1, 0.15) is 0 Å². The summed E-state index contributed by atoms with van der Waals surface area (Å²) in [6.07, 6.45) is 27.4. The smallest absolute Gasteiger partial charge is 0.00607 e. The van der Waals surface area contributed by atoms with Crippen LogP contribution in [0.15, 0.2) is 12.1 Å². The van der Waals surface area contributed by atoms with Crippen LogP contribution in [0.25, 0.3) is 0 Å². The van der Waals surface area contributed by atoms with Crippen molar-refractivity contribution in [1.82, 2.24) is 0 Å². The number of hydrogen-bond acceptors (Lipinski definition) is 0. The Morgan fingerprint density at radius 3 is 0.769 bits per heavy atom. The highest BCUT2D eigenvalue weighted by Crippen LogP contribution is 2.64. The summed E-state index contributed by atoms with van der Waals surface area (Å²) in [6.45, 7) is 44.5. The largest absolute Gasteiger partial charge is 0.0911 e. The third kappa shape index (κ3) is 22.0. The summed E-state index contributed by atoms with van der Waals surface area (Å²) in [7, 11) is -0.389. The molecule has 0 saturated carbocycles. The molecular formula is C50H96P2. The highest BCUT2D eigenvalue weighted by Gasteiger charge is 2.37. The van der Waals surface area contributed by atoms with Crippen molar-refractivity contribution in [3.63, 3.8) is 0 Å². The Hall–Kier alpha value is 0.0800. The Bertz CT molecular complexity index is 983. The first-order valence-electron chi connectivity index (χ1n) is 22.3. The fourth-order valence-electron chi connectivity index (χ4n) is 8.56. The van der Waals surface area contributed by atoms with Crippen molar-refractivity contribution in [2.45, 2.75) is 273 Å². The lowest BCUT2D eigenvalue weighted by atomic mass is 9.89. The van der Waals surface area contributed by atoms with Crippen LogP contribution in [0.1, 0.15) is 250 Å². The normalized spacial score (nSPS) is 13.9. The number of benzene rings is 1. The van der Waals surface area contributed by atoms with Gasteiger partial charge in [-0.1, -0.05) is 230 Å². The predicted octanol–water partition coefficient (Wildman–Crippen LogP) is 18.3. The third-order valence-electron chi connectivity index (χ3n) is 11.2. The molecule has 0 atom stereocenters. The van der Waals surface area contributed by atoms with Gasteiger partial charge in [0.2, 0.25) is 0 Å². The van der Waals surface area contributed by atoms with E-state index in [0.29, 0.717) is 31.5 Å². The second-order valence-corrected chi connectivity index (χ2v) is 31.0. The molecule has 0 radical (unpaired) electrons. The molecule has 0 aromatic heterocycles. The average Bonchev–Trinajstić information content (AvgIpc) is 2.94. The molecule has 0 saturated heterocycles. The summed E-state index contributed by atoms with van der Waals surface area (Å²) in [5.74, 6) is 0. The minimum atomic E-state index is -0.194. The van der Waals surface area contributed by atoms with Gasteiger partial charge in [0.25, 0.3) is 0 Å². The van der Waals surface area contributed by atoms with Crippen molar-refractivity contribution in [3.05, 3.63) is 34.4 Å². The topological polar surface area (TPSA) is 0 Å². The maximum Gasteiger partial charge on any atom is -0.00607 e. The monoisotopic (exact) mass is 759 g/mol. The quantitative estimate of drug-likeness (QED) is 0.0816. The van der Waals surface area contributed by atoms with Crippen molar-refractivity contribution in [2.24, 2.45) is 10.8 Å². The SMILES string of the molecule is CC(C)(C)CCCCCCCCCc1cc(CP(C(C)(C)C)C(C)(C)C)c(CP(C(C)(C)C)C(C)(C)C)cc1CCCCCCCCCC(C)(C)C. The van der Waals surface area contributed by atoms with Crippen molar-refractivity contribution in [2.75, 3.05) is 0 Å². The molecule has 0 N–H and O–H groups in total. The Morgan fingerprint density at radius 1 is 0.308 bits per heavy atom. The Balaban J connectivity index is 3.29. The van der Waals surface area contributed by atoms with Gasteiger partial charge in [0.15, 0.2) is 0 Å². The average molecular weight is 759 g/mol. The maximum absolute atomic E-state index is 2.79. The maximum atomic E-state index is 2.79. The van der Waals surface area contributed by atoms with Gasteiger partial charge in [-0.2, -0.15) is 0 Å². The van der Waals surface area contributed by atoms with Crippen LogP contribution in [0, 0.1) is 10.8 Å². The second kappa shape index (κ2) is 22.1. The van der Waals surface area contributed by atoms with Crippen LogP contribution in [0.2, 0.25) is 0 Å². The number of hydrogen-bond donors (Lipinski definition) is 0. The summed E-state index contributed by atoms with van der Waals surface area (Å²) in [5.41, 5.74) is 7.81. The van der Waals surface area contributed by atoms with Crippen LogP contribution < -0.4 is 0 Å². The first-order valence-corrected chi connectivity index (χ1v) is 25.4. The van der Waals surface area contributed by atoms with Gasteiger partial charge >= 0.3 is 0 Å². The van der Waals surface area contributed by atoms with E-state index in [9.17, 15) is 0 Å². The molecule has 0 aliphatic heterocycles. The lowest BCUT2D eigenvalue weighted by Gasteiger charge is -2.44. The van der Waals surface area contributed by atoms with Gasteiger partial charge in [-0.25, -0.2) is 0 Å². The molecular weight excluding hydrogens is 662 g/mol. The van der Waals surface area contributed by atoms with Crippen molar-refractivity contribution >= 4 is 15.8 Å². The summed E-state index contributed by atoms with van der Waals surface area (Å²) in [5, 5.41) is 1.34. The van der Waals surface area contributed by atoms with Crippen molar-refractivity contribution in [1.29, 1.82) is 0 Å². The molecule has 1 rings (SSSR count). The molecule has 0 bridgehead atoms. The molecule has 0 aliphatic carbocycles. The van der Waals surface area contributed by atoms with Gasteiger partial charge in [-0.3, -0.25) is 0 Å². The molecule has 0 nitrogen and oxygen atoms in total. The first kappa shape index (κ1) is 50.1. The fraction of sp³-hybridized carbons (Fsp3) is 0.880. The van der Waals surface area contributed by atoms with E-state index in [0.717, 1.165) is 0 Å². The molecule has 0 unspecified atom stereocenters. The molecule has 0 amide bonds. The molecule has 0 spiro atoms. The third-order valence-corrected chi connectivity index (χ3v) is 19.0. The van der Waals surface area contributed by atoms with E-state index in [4.69, 9.17) is 0 Å². The van der Waals surface area contributed by atoms with Crippen LogP contribution in [-0.2, 0) is 25.2 Å². The highest BCUT2D eigenvalue weighted by molar-refractivity contribution is 7.60. The number of unbranched alkanes of at least 4 members (excludes halogenated alkanes) is 12. The van der Waals surface area contributed by atoms with Crippen LogP contribution in [0.4, 0.5) is 0 Å². The number of rotatable bonds is 22. The van der Waals surface area contributed by atoms with Gasteiger partial charge in [0.05, 0.1) is 0 Å². The second-order valence-electron chi connectivity index (χ2n) is 23.3. The van der Waals surface area contributed by atoms with Crippen LogP contribution in [0.5, 0.6) is 0 Å². The Kier molecular flexibility index (Phi) is 21.3. The molecule has 0 aliphatic rings. The van der Waals surface area contributed by atoms with E-state index in [1.807, 2.05) is 0 Å². The van der Waals surface area contributed by atoms with Gasteiger partial charge in [-0.15, -0.1) is 0 Å².